The van der Waals surface area contributed by atoms with Gasteiger partial charge in [-0.15, -0.1) is 0 Å². The van der Waals surface area contributed by atoms with Gasteiger partial charge in [-0.05, 0) is 86.6 Å². The van der Waals surface area contributed by atoms with E-state index >= 15 is 0 Å². The summed E-state index contributed by atoms with van der Waals surface area (Å²) < 4.78 is 7.98. The van der Waals surface area contributed by atoms with E-state index in [1.807, 2.05) is 30.5 Å². The van der Waals surface area contributed by atoms with E-state index in [0.717, 1.165) is 11.5 Å². The first-order valence-corrected chi connectivity index (χ1v) is 11.2. The van der Waals surface area contributed by atoms with Crippen molar-refractivity contribution < 1.29 is 4.42 Å². The topological polar surface area (TPSA) is 46.2 Å². The van der Waals surface area contributed by atoms with Gasteiger partial charge in [0.25, 0.3) is 0 Å². The van der Waals surface area contributed by atoms with Gasteiger partial charge in [0.05, 0.1) is 30.6 Å². The Morgan fingerprint density at radius 2 is 1.91 bits per heavy atom. The van der Waals surface area contributed by atoms with Crippen LogP contribution in [0.15, 0.2) is 77.5 Å². The third-order valence-corrected chi connectivity index (χ3v) is 6.51. The summed E-state index contributed by atoms with van der Waals surface area (Å²) in [7, 11) is 0. The standard InChI is InChI=1S/C26H26N4OS/c1-17-8-6-9-20(14-17)30-18(2)15-22(19(30)3)25-24(23-11-4-5-12-27-23)28-26(32)29(25)16-21-10-7-13-31-21/h4-15,24-25H,16H2,1-3H3,(H,28,32)/t24-,25-/m0/s1. The molecule has 0 aliphatic carbocycles. The number of thiocarbonyl (C=S) groups is 1. The van der Waals surface area contributed by atoms with Crippen molar-refractivity contribution in [2.24, 2.45) is 0 Å². The van der Waals surface area contributed by atoms with Crippen LogP contribution in [0.3, 0.4) is 0 Å². The average Bonchev–Trinajstić information content (AvgIpc) is 3.48. The SMILES string of the molecule is Cc1cccc(-n2c(C)cc([C@H]3[C@H](c4ccccn4)NC(=S)N3Cc3ccco3)c2C)c1. The highest BCUT2D eigenvalue weighted by Gasteiger charge is 2.41. The Hall–Kier alpha value is -3.38. The fraction of sp³-hybridized carbons (Fsp3) is 0.231. The lowest BCUT2D eigenvalue weighted by molar-refractivity contribution is 0.286. The van der Waals surface area contributed by atoms with E-state index in [-0.39, 0.29) is 12.1 Å². The summed E-state index contributed by atoms with van der Waals surface area (Å²) >= 11 is 5.80. The third kappa shape index (κ3) is 3.60. The summed E-state index contributed by atoms with van der Waals surface area (Å²) in [6.07, 6.45) is 3.54. The molecule has 5 nitrogen and oxygen atoms in total. The maximum absolute atomic E-state index is 5.80. The Kier molecular flexibility index (Phi) is 5.31. The van der Waals surface area contributed by atoms with Crippen molar-refractivity contribution >= 4 is 17.3 Å². The van der Waals surface area contributed by atoms with Gasteiger partial charge >= 0.3 is 0 Å². The summed E-state index contributed by atoms with van der Waals surface area (Å²) in [5, 5.41) is 4.24. The largest absolute Gasteiger partial charge is 0.467 e. The van der Waals surface area contributed by atoms with Gasteiger partial charge in [-0.1, -0.05) is 18.2 Å². The smallest absolute Gasteiger partial charge is 0.170 e. The molecule has 0 radical (unpaired) electrons. The maximum atomic E-state index is 5.80. The Labute approximate surface area is 193 Å². The summed E-state index contributed by atoms with van der Waals surface area (Å²) in [5.41, 5.74) is 7.02. The molecule has 1 aliphatic rings. The zero-order valence-corrected chi connectivity index (χ0v) is 19.3. The number of aryl methyl sites for hydroxylation is 2. The highest BCUT2D eigenvalue weighted by Crippen LogP contribution is 2.42. The van der Waals surface area contributed by atoms with Gasteiger partial charge in [0.1, 0.15) is 5.76 Å². The van der Waals surface area contributed by atoms with Crippen molar-refractivity contribution in [1.29, 1.82) is 0 Å². The first-order chi connectivity index (χ1) is 15.5. The van der Waals surface area contributed by atoms with Crippen molar-refractivity contribution in [3.63, 3.8) is 0 Å². The fourth-order valence-electron chi connectivity index (χ4n) is 4.74. The zero-order chi connectivity index (χ0) is 22.2. The fourth-order valence-corrected chi connectivity index (χ4v) is 5.04. The molecule has 1 aliphatic heterocycles. The molecule has 2 atom stereocenters. The predicted molar refractivity (Wildman–Crippen MR) is 130 cm³/mol. The highest BCUT2D eigenvalue weighted by atomic mass is 32.1. The van der Waals surface area contributed by atoms with Crippen LogP contribution in [0.25, 0.3) is 5.69 Å². The van der Waals surface area contributed by atoms with E-state index in [2.05, 4.69) is 76.9 Å². The van der Waals surface area contributed by atoms with E-state index in [9.17, 15) is 0 Å². The van der Waals surface area contributed by atoms with Crippen LogP contribution in [0.1, 0.15) is 46.1 Å². The van der Waals surface area contributed by atoms with Crippen molar-refractivity contribution in [3.8, 4) is 5.69 Å². The van der Waals surface area contributed by atoms with Gasteiger partial charge in [0, 0.05) is 23.3 Å². The second kappa shape index (κ2) is 8.28. The Morgan fingerprint density at radius 3 is 2.62 bits per heavy atom. The zero-order valence-electron chi connectivity index (χ0n) is 18.4. The summed E-state index contributed by atoms with van der Waals surface area (Å²) in [6, 6.07) is 20.8. The normalized spacial score (nSPS) is 18.2. The molecule has 0 unspecified atom stereocenters. The molecule has 1 saturated heterocycles. The molecule has 1 aromatic carbocycles. The molecule has 5 rings (SSSR count). The van der Waals surface area contributed by atoms with Gasteiger partial charge in [-0.2, -0.15) is 0 Å². The molecule has 32 heavy (non-hydrogen) atoms. The molecule has 0 amide bonds. The minimum atomic E-state index is -0.0508. The van der Waals surface area contributed by atoms with Gasteiger partial charge in [-0.3, -0.25) is 4.98 Å². The van der Waals surface area contributed by atoms with E-state index in [1.165, 1.54) is 28.2 Å². The number of benzene rings is 1. The molecular weight excluding hydrogens is 416 g/mol. The average molecular weight is 443 g/mol. The predicted octanol–water partition coefficient (Wildman–Crippen LogP) is 5.56. The number of hydrogen-bond donors (Lipinski definition) is 1. The first-order valence-electron chi connectivity index (χ1n) is 10.8. The van der Waals surface area contributed by atoms with Crippen LogP contribution in [0.5, 0.6) is 0 Å². The van der Waals surface area contributed by atoms with Crippen LogP contribution in [0, 0.1) is 20.8 Å². The van der Waals surface area contributed by atoms with Crippen LogP contribution in [-0.4, -0.2) is 19.6 Å². The van der Waals surface area contributed by atoms with Crippen LogP contribution in [0.2, 0.25) is 0 Å². The molecule has 1 fully saturated rings. The summed E-state index contributed by atoms with van der Waals surface area (Å²) in [6.45, 7) is 7.07. The molecule has 0 saturated carbocycles. The number of furan rings is 1. The Balaban J connectivity index is 1.63. The van der Waals surface area contributed by atoms with Gasteiger partial charge in [0.2, 0.25) is 0 Å². The van der Waals surface area contributed by atoms with Gasteiger partial charge in [-0.25, -0.2) is 0 Å². The van der Waals surface area contributed by atoms with Crippen LogP contribution in [-0.2, 0) is 6.54 Å². The molecule has 1 N–H and O–H groups in total. The molecule has 162 valence electrons. The molecule has 0 spiro atoms. The van der Waals surface area contributed by atoms with Crippen LogP contribution >= 0.6 is 12.2 Å². The first kappa shape index (κ1) is 20.5. The van der Waals surface area contributed by atoms with Crippen LogP contribution in [0.4, 0.5) is 0 Å². The molecule has 3 aromatic heterocycles. The quantitative estimate of drug-likeness (QED) is 0.410. The molecule has 0 bridgehead atoms. The van der Waals surface area contributed by atoms with Gasteiger partial charge in [0.15, 0.2) is 5.11 Å². The molecule has 4 aromatic rings. The monoisotopic (exact) mass is 442 g/mol. The Morgan fingerprint density at radius 1 is 1.03 bits per heavy atom. The van der Waals surface area contributed by atoms with Crippen LogP contribution < -0.4 is 5.32 Å². The lowest BCUT2D eigenvalue weighted by Crippen LogP contribution is -2.29. The van der Waals surface area contributed by atoms with Gasteiger partial charge < -0.3 is 19.2 Å². The van der Waals surface area contributed by atoms with Crippen molar-refractivity contribution in [2.45, 2.75) is 39.4 Å². The van der Waals surface area contributed by atoms with Crippen molar-refractivity contribution in [1.82, 2.24) is 19.8 Å². The third-order valence-electron chi connectivity index (χ3n) is 6.15. The number of pyridine rings is 1. The molecule has 6 heteroatoms. The lowest BCUT2D eigenvalue weighted by Gasteiger charge is -2.27. The second-order valence-electron chi connectivity index (χ2n) is 8.33. The number of aromatic nitrogens is 2. The highest BCUT2D eigenvalue weighted by molar-refractivity contribution is 7.80. The van der Waals surface area contributed by atoms with E-state index in [1.54, 1.807) is 6.26 Å². The number of hydrogen-bond acceptors (Lipinski definition) is 3. The molecular formula is C26H26N4OS. The second-order valence-corrected chi connectivity index (χ2v) is 8.72. The number of nitrogens with one attached hydrogen (secondary N) is 1. The van der Waals surface area contributed by atoms with Crippen molar-refractivity contribution in [2.75, 3.05) is 0 Å². The van der Waals surface area contributed by atoms with E-state index < -0.39 is 0 Å². The summed E-state index contributed by atoms with van der Waals surface area (Å²) in [4.78, 5) is 6.87. The van der Waals surface area contributed by atoms with Crippen molar-refractivity contribution in [3.05, 3.63) is 107 Å². The lowest BCUT2D eigenvalue weighted by atomic mass is 9.96. The number of nitrogens with zero attached hydrogens (tertiary/aromatic N) is 3. The summed E-state index contributed by atoms with van der Waals surface area (Å²) in [5.74, 6) is 0.883. The van der Waals surface area contributed by atoms with E-state index in [0.29, 0.717) is 11.7 Å². The maximum Gasteiger partial charge on any atom is 0.170 e. The Bertz CT molecular complexity index is 1250. The minimum absolute atomic E-state index is 0.00717. The van der Waals surface area contributed by atoms with E-state index in [4.69, 9.17) is 16.6 Å². The number of rotatable bonds is 5. The minimum Gasteiger partial charge on any atom is -0.467 e. The molecule has 4 heterocycles.